The van der Waals surface area contributed by atoms with Crippen LogP contribution in [-0.2, 0) is 20.2 Å². The second kappa shape index (κ2) is 5.57. The molecular formula is C12H9F3O6S2. The number of hydrogen-bond acceptors (Lipinski definition) is 6. The van der Waals surface area contributed by atoms with Gasteiger partial charge in [-0.15, -0.1) is 0 Å². The summed E-state index contributed by atoms with van der Waals surface area (Å²) in [5.74, 6) is -0.637. The lowest BCUT2D eigenvalue weighted by atomic mass is 10.1. The molecule has 0 radical (unpaired) electrons. The van der Waals surface area contributed by atoms with Gasteiger partial charge in [0.15, 0.2) is 0 Å². The van der Waals surface area contributed by atoms with Crippen LogP contribution >= 0.6 is 0 Å². The van der Waals surface area contributed by atoms with Gasteiger partial charge in [-0.3, -0.25) is 0 Å². The molecule has 0 aromatic heterocycles. The number of rotatable bonds is 4. The molecule has 0 bridgehead atoms. The van der Waals surface area contributed by atoms with Gasteiger partial charge in [0.25, 0.3) is 0 Å². The number of hydrogen-bond donors (Lipinski definition) is 0. The van der Waals surface area contributed by atoms with Crippen molar-refractivity contribution in [1.29, 1.82) is 0 Å². The summed E-state index contributed by atoms with van der Waals surface area (Å²) >= 11 is 0. The van der Waals surface area contributed by atoms with Crippen LogP contribution in [0.1, 0.15) is 0 Å². The Morgan fingerprint density at radius 1 is 0.826 bits per heavy atom. The third-order valence-electron chi connectivity index (χ3n) is 2.52. The lowest BCUT2D eigenvalue weighted by molar-refractivity contribution is -0.0500. The van der Waals surface area contributed by atoms with E-state index in [4.69, 9.17) is 0 Å². The molecule has 0 saturated carbocycles. The standard InChI is InChI=1S/C12H9F3O6S2/c1-22(16,17)20-10-4-2-8-3-5-11(7-9(8)6-10)21-23(18,19)12(13,14)15/h2-7H,1H3. The molecule has 11 heteroatoms. The Kier molecular flexibility index (Phi) is 4.20. The summed E-state index contributed by atoms with van der Waals surface area (Å²) in [6, 6.07) is 7.41. The largest absolute Gasteiger partial charge is 0.534 e. The van der Waals surface area contributed by atoms with Crippen LogP contribution in [0.5, 0.6) is 11.5 Å². The van der Waals surface area contributed by atoms with Crippen molar-refractivity contribution in [3.8, 4) is 11.5 Å². The molecule has 0 unspecified atom stereocenters. The average molecular weight is 370 g/mol. The maximum Gasteiger partial charge on any atom is 0.534 e. The van der Waals surface area contributed by atoms with E-state index in [0.29, 0.717) is 5.39 Å². The average Bonchev–Trinajstić information content (AvgIpc) is 2.34. The van der Waals surface area contributed by atoms with Crippen molar-refractivity contribution in [3.05, 3.63) is 36.4 Å². The van der Waals surface area contributed by atoms with Gasteiger partial charge in [0.2, 0.25) is 0 Å². The number of alkyl halides is 3. The maximum absolute atomic E-state index is 12.3. The summed E-state index contributed by atoms with van der Waals surface area (Å²) in [6.07, 6.45) is 0.826. The minimum absolute atomic E-state index is 0.0733. The second-order valence-corrected chi connectivity index (χ2v) is 7.55. The first-order valence-corrected chi connectivity index (χ1v) is 9.04. The molecule has 2 rings (SSSR count). The fourth-order valence-electron chi connectivity index (χ4n) is 1.66. The van der Waals surface area contributed by atoms with E-state index in [1.165, 1.54) is 24.3 Å². The Bertz CT molecular complexity index is 948. The summed E-state index contributed by atoms with van der Waals surface area (Å²) in [5.41, 5.74) is -5.55. The minimum Gasteiger partial charge on any atom is -0.383 e. The lowest BCUT2D eigenvalue weighted by Crippen LogP contribution is -2.28. The van der Waals surface area contributed by atoms with E-state index < -0.39 is 31.5 Å². The van der Waals surface area contributed by atoms with E-state index in [1.54, 1.807) is 0 Å². The molecule has 0 aliphatic rings. The van der Waals surface area contributed by atoms with Gasteiger partial charge in [0.1, 0.15) is 11.5 Å². The first kappa shape index (κ1) is 17.3. The van der Waals surface area contributed by atoms with Crippen LogP contribution in [0, 0.1) is 0 Å². The van der Waals surface area contributed by atoms with Crippen LogP contribution in [0.25, 0.3) is 10.8 Å². The van der Waals surface area contributed by atoms with Crippen LogP contribution < -0.4 is 8.37 Å². The summed E-state index contributed by atoms with van der Waals surface area (Å²) in [5, 5.41) is 0.753. The monoisotopic (exact) mass is 370 g/mol. The normalized spacial score (nSPS) is 13.0. The van der Waals surface area contributed by atoms with Gasteiger partial charge in [0, 0.05) is 0 Å². The Hall–Kier alpha value is -2.01. The van der Waals surface area contributed by atoms with Crippen LogP contribution in [0.2, 0.25) is 0 Å². The Morgan fingerprint density at radius 3 is 1.74 bits per heavy atom. The van der Waals surface area contributed by atoms with Gasteiger partial charge in [-0.2, -0.15) is 30.0 Å². The molecule has 6 nitrogen and oxygen atoms in total. The molecule has 0 saturated heterocycles. The van der Waals surface area contributed by atoms with Crippen molar-refractivity contribution in [3.63, 3.8) is 0 Å². The predicted molar refractivity (Wildman–Crippen MR) is 75.0 cm³/mol. The van der Waals surface area contributed by atoms with Crippen molar-refractivity contribution in [2.24, 2.45) is 0 Å². The van der Waals surface area contributed by atoms with Crippen molar-refractivity contribution in [2.75, 3.05) is 6.26 Å². The number of halogens is 3. The zero-order chi connectivity index (χ0) is 17.5. The lowest BCUT2D eigenvalue weighted by Gasteiger charge is -2.10. The second-order valence-electron chi connectivity index (χ2n) is 4.44. The summed E-state index contributed by atoms with van der Waals surface area (Å²) in [7, 11) is -9.57. The smallest absolute Gasteiger partial charge is 0.383 e. The van der Waals surface area contributed by atoms with Crippen molar-refractivity contribution in [1.82, 2.24) is 0 Å². The van der Waals surface area contributed by atoms with Gasteiger partial charge in [-0.05, 0) is 35.0 Å². The molecule has 0 heterocycles. The predicted octanol–water partition coefficient (Wildman–Crippen LogP) is 2.41. The summed E-state index contributed by atoms with van der Waals surface area (Å²) < 4.78 is 89.5. The van der Waals surface area contributed by atoms with Crippen LogP contribution in [0.15, 0.2) is 36.4 Å². The highest BCUT2D eigenvalue weighted by molar-refractivity contribution is 7.88. The quantitative estimate of drug-likeness (QED) is 0.607. The van der Waals surface area contributed by atoms with E-state index in [1.807, 2.05) is 0 Å². The van der Waals surface area contributed by atoms with E-state index in [2.05, 4.69) is 8.37 Å². The van der Waals surface area contributed by atoms with Gasteiger partial charge in [-0.1, -0.05) is 12.1 Å². The highest BCUT2D eigenvalue weighted by Gasteiger charge is 2.48. The molecule has 126 valence electrons. The topological polar surface area (TPSA) is 86.7 Å². The van der Waals surface area contributed by atoms with Crippen LogP contribution in [0.3, 0.4) is 0 Å². The summed E-state index contributed by atoms with van der Waals surface area (Å²) in [4.78, 5) is 0. The van der Waals surface area contributed by atoms with Crippen molar-refractivity contribution in [2.45, 2.75) is 5.51 Å². The Morgan fingerprint density at radius 2 is 1.30 bits per heavy atom. The molecular weight excluding hydrogens is 361 g/mol. The van der Waals surface area contributed by atoms with Crippen molar-refractivity contribution >= 4 is 31.0 Å². The molecule has 0 aliphatic carbocycles. The molecule has 0 aliphatic heterocycles. The van der Waals surface area contributed by atoms with Crippen molar-refractivity contribution < 1.29 is 38.4 Å². The number of benzene rings is 2. The molecule has 2 aromatic rings. The van der Waals surface area contributed by atoms with E-state index in [0.717, 1.165) is 18.4 Å². The molecule has 0 fully saturated rings. The molecule has 0 amide bonds. The molecule has 23 heavy (non-hydrogen) atoms. The highest BCUT2D eigenvalue weighted by atomic mass is 32.2. The maximum atomic E-state index is 12.3. The fraction of sp³-hybridized carbons (Fsp3) is 0.167. The molecule has 0 atom stereocenters. The van der Waals surface area contributed by atoms with E-state index in [9.17, 15) is 30.0 Å². The molecule has 2 aromatic carbocycles. The van der Waals surface area contributed by atoms with E-state index >= 15 is 0 Å². The Balaban J connectivity index is 2.41. The van der Waals surface area contributed by atoms with Crippen LogP contribution in [0.4, 0.5) is 13.2 Å². The zero-order valence-electron chi connectivity index (χ0n) is 11.4. The molecule has 0 spiro atoms. The highest BCUT2D eigenvalue weighted by Crippen LogP contribution is 2.30. The van der Waals surface area contributed by atoms with E-state index in [-0.39, 0.29) is 11.1 Å². The fourth-order valence-corrected chi connectivity index (χ4v) is 2.56. The minimum atomic E-state index is -5.79. The number of fused-ring (bicyclic) bond motifs is 1. The third-order valence-corrected chi connectivity index (χ3v) is 3.99. The van der Waals surface area contributed by atoms with Crippen LogP contribution in [-0.4, -0.2) is 28.6 Å². The summed E-state index contributed by atoms with van der Waals surface area (Å²) in [6.45, 7) is 0. The first-order chi connectivity index (χ1) is 10.4. The first-order valence-electron chi connectivity index (χ1n) is 5.81. The Labute approximate surface area is 129 Å². The zero-order valence-corrected chi connectivity index (χ0v) is 13.0. The van der Waals surface area contributed by atoms with Gasteiger partial charge < -0.3 is 8.37 Å². The SMILES string of the molecule is CS(=O)(=O)Oc1ccc2ccc(OS(=O)(=O)C(F)(F)F)cc2c1. The molecule has 0 N–H and O–H groups in total. The van der Waals surface area contributed by atoms with Gasteiger partial charge in [-0.25, -0.2) is 0 Å². The van der Waals surface area contributed by atoms with Gasteiger partial charge in [0.05, 0.1) is 6.26 Å². The third kappa shape index (κ3) is 4.26. The van der Waals surface area contributed by atoms with Gasteiger partial charge >= 0.3 is 25.7 Å².